The molecular formula is C21H21BrN2O4. The van der Waals surface area contributed by atoms with E-state index in [0.29, 0.717) is 30.2 Å². The van der Waals surface area contributed by atoms with Crippen molar-refractivity contribution < 1.29 is 19.1 Å². The number of ether oxygens (including phenoxy) is 2. The second-order valence-electron chi connectivity index (χ2n) is 6.34. The van der Waals surface area contributed by atoms with Gasteiger partial charge >= 0.3 is 6.03 Å². The number of amides is 3. The van der Waals surface area contributed by atoms with Gasteiger partial charge in [0.2, 0.25) is 0 Å². The zero-order valence-electron chi connectivity index (χ0n) is 15.9. The largest absolute Gasteiger partial charge is 0.493 e. The average molecular weight is 445 g/mol. The summed E-state index contributed by atoms with van der Waals surface area (Å²) in [6.45, 7) is 4.51. The molecule has 0 bridgehead atoms. The molecule has 2 aromatic rings. The fourth-order valence-corrected chi connectivity index (χ4v) is 3.35. The molecular weight excluding hydrogens is 424 g/mol. The lowest BCUT2D eigenvalue weighted by Crippen LogP contribution is -2.30. The molecule has 6 nitrogen and oxygen atoms in total. The Balaban J connectivity index is 1.85. The number of imide groups is 1. The van der Waals surface area contributed by atoms with E-state index in [0.717, 1.165) is 14.9 Å². The van der Waals surface area contributed by atoms with Crippen LogP contribution in [0.1, 0.15) is 23.6 Å². The zero-order chi connectivity index (χ0) is 20.3. The van der Waals surface area contributed by atoms with Crippen LogP contribution in [-0.4, -0.2) is 30.5 Å². The first-order chi connectivity index (χ1) is 13.4. The number of hydrogen-bond donors (Lipinski definition) is 1. The Hall–Kier alpha value is -2.80. The number of hydrogen-bond acceptors (Lipinski definition) is 4. The maximum absolute atomic E-state index is 12.3. The molecule has 146 valence electrons. The molecule has 1 aliphatic heterocycles. The molecule has 1 heterocycles. The predicted molar refractivity (Wildman–Crippen MR) is 110 cm³/mol. The molecule has 0 radical (unpaired) electrons. The zero-order valence-corrected chi connectivity index (χ0v) is 17.5. The van der Waals surface area contributed by atoms with Crippen LogP contribution in [0.15, 0.2) is 46.6 Å². The highest BCUT2D eigenvalue weighted by Crippen LogP contribution is 2.35. The van der Waals surface area contributed by atoms with Gasteiger partial charge in [-0.3, -0.25) is 9.69 Å². The number of benzene rings is 2. The van der Waals surface area contributed by atoms with Crippen molar-refractivity contribution in [1.29, 1.82) is 0 Å². The first-order valence-corrected chi connectivity index (χ1v) is 9.62. The quantitative estimate of drug-likeness (QED) is 0.533. The van der Waals surface area contributed by atoms with Crippen LogP contribution >= 0.6 is 15.9 Å². The van der Waals surface area contributed by atoms with Gasteiger partial charge in [-0.25, -0.2) is 4.79 Å². The summed E-state index contributed by atoms with van der Waals surface area (Å²) in [5.74, 6) is 0.764. The number of urea groups is 1. The number of rotatable bonds is 6. The molecule has 1 N–H and O–H groups in total. The smallest absolute Gasteiger partial charge is 0.328 e. The summed E-state index contributed by atoms with van der Waals surface area (Å²) in [6.07, 6.45) is 1.62. The molecule has 0 atom stereocenters. The second kappa shape index (κ2) is 8.48. The Morgan fingerprint density at radius 2 is 1.96 bits per heavy atom. The number of carbonyl (C=O) groups excluding carboxylic acids is 2. The molecule has 0 spiro atoms. The topological polar surface area (TPSA) is 67.9 Å². The van der Waals surface area contributed by atoms with E-state index in [1.165, 1.54) is 5.56 Å². The number of halogens is 1. The summed E-state index contributed by atoms with van der Waals surface area (Å²) in [7, 11) is 1.56. The molecule has 1 fully saturated rings. The number of nitrogens with zero attached hydrogens (tertiary/aromatic N) is 1. The number of aryl methyl sites for hydroxylation is 1. The highest BCUT2D eigenvalue weighted by atomic mass is 79.9. The van der Waals surface area contributed by atoms with E-state index in [4.69, 9.17) is 9.47 Å². The van der Waals surface area contributed by atoms with Crippen molar-refractivity contribution in [1.82, 2.24) is 10.2 Å². The van der Waals surface area contributed by atoms with Gasteiger partial charge in [0.15, 0.2) is 11.5 Å². The minimum absolute atomic E-state index is 0.225. The third-order valence-electron chi connectivity index (χ3n) is 4.34. The van der Waals surface area contributed by atoms with Gasteiger partial charge in [-0.2, -0.15) is 0 Å². The predicted octanol–water partition coefficient (Wildman–Crippen LogP) is 4.26. The van der Waals surface area contributed by atoms with E-state index >= 15 is 0 Å². The van der Waals surface area contributed by atoms with Crippen molar-refractivity contribution in [3.63, 3.8) is 0 Å². The molecule has 0 aromatic heterocycles. The van der Waals surface area contributed by atoms with Crippen molar-refractivity contribution >= 4 is 33.9 Å². The van der Waals surface area contributed by atoms with Crippen LogP contribution in [0.5, 0.6) is 11.5 Å². The Morgan fingerprint density at radius 3 is 2.61 bits per heavy atom. The standard InChI is InChI=1S/C21H21BrN2O4/c1-4-24-20(25)17(23-21(24)26)9-15-10-18(27-3)19(11-16(15)22)28-12-14-7-5-6-13(2)8-14/h5-11H,4,12H2,1-3H3,(H,23,26)/b17-9+. The minimum atomic E-state index is -0.417. The SMILES string of the molecule is CCN1C(=O)N/C(=C/c2cc(OC)c(OCc3cccc(C)c3)cc2Br)C1=O. The number of likely N-dealkylation sites (N-methyl/N-ethyl adjacent to an activating group) is 1. The van der Waals surface area contributed by atoms with E-state index in [9.17, 15) is 9.59 Å². The highest BCUT2D eigenvalue weighted by molar-refractivity contribution is 9.10. The Morgan fingerprint density at radius 1 is 1.18 bits per heavy atom. The van der Waals surface area contributed by atoms with Crippen molar-refractivity contribution in [2.24, 2.45) is 0 Å². The number of nitrogens with one attached hydrogen (secondary N) is 1. The molecule has 3 amide bonds. The van der Waals surface area contributed by atoms with Crippen LogP contribution in [0.4, 0.5) is 4.79 Å². The first-order valence-electron chi connectivity index (χ1n) is 8.83. The third-order valence-corrected chi connectivity index (χ3v) is 5.02. The summed E-state index contributed by atoms with van der Waals surface area (Å²) in [5.41, 5.74) is 3.15. The lowest BCUT2D eigenvalue weighted by atomic mass is 10.1. The van der Waals surface area contributed by atoms with Crippen LogP contribution in [-0.2, 0) is 11.4 Å². The minimum Gasteiger partial charge on any atom is -0.493 e. The molecule has 28 heavy (non-hydrogen) atoms. The Kier molecular flexibility index (Phi) is 6.04. The van der Waals surface area contributed by atoms with Crippen LogP contribution in [0.2, 0.25) is 0 Å². The van der Waals surface area contributed by atoms with Crippen molar-refractivity contribution in [3.8, 4) is 11.5 Å². The van der Waals surface area contributed by atoms with E-state index in [-0.39, 0.29) is 11.6 Å². The van der Waals surface area contributed by atoms with Crippen molar-refractivity contribution in [3.05, 3.63) is 63.3 Å². The molecule has 0 aliphatic carbocycles. The van der Waals surface area contributed by atoms with Crippen molar-refractivity contribution in [2.75, 3.05) is 13.7 Å². The molecule has 7 heteroatoms. The van der Waals surface area contributed by atoms with Crippen molar-refractivity contribution in [2.45, 2.75) is 20.5 Å². The van der Waals surface area contributed by atoms with E-state index < -0.39 is 6.03 Å². The van der Waals surface area contributed by atoms with Gasteiger partial charge in [-0.15, -0.1) is 0 Å². The number of methoxy groups -OCH3 is 1. The summed E-state index contributed by atoms with van der Waals surface area (Å²) in [6, 6.07) is 11.2. The van der Waals surface area contributed by atoms with Gasteiger partial charge in [0.05, 0.1) is 7.11 Å². The Bertz CT molecular complexity index is 955. The van der Waals surface area contributed by atoms with E-state index in [1.807, 2.05) is 25.1 Å². The van der Waals surface area contributed by atoms with E-state index in [2.05, 4.69) is 27.3 Å². The van der Waals surface area contributed by atoms with Crippen LogP contribution < -0.4 is 14.8 Å². The molecule has 1 aliphatic rings. The van der Waals surface area contributed by atoms with E-state index in [1.54, 1.807) is 32.2 Å². The molecule has 0 saturated carbocycles. The monoisotopic (exact) mass is 444 g/mol. The second-order valence-corrected chi connectivity index (χ2v) is 7.19. The summed E-state index contributed by atoms with van der Waals surface area (Å²) < 4.78 is 12.1. The number of carbonyl (C=O) groups is 2. The molecule has 0 unspecified atom stereocenters. The van der Waals surface area contributed by atoms with Gasteiger partial charge in [-0.1, -0.05) is 45.8 Å². The van der Waals surface area contributed by atoms with Gasteiger partial charge in [-0.05, 0) is 43.2 Å². The average Bonchev–Trinajstić information content (AvgIpc) is 2.94. The van der Waals surface area contributed by atoms with Gasteiger partial charge in [0.25, 0.3) is 5.91 Å². The normalized spacial score (nSPS) is 15.1. The van der Waals surface area contributed by atoms with Gasteiger partial charge in [0.1, 0.15) is 12.3 Å². The van der Waals surface area contributed by atoms with Crippen LogP contribution in [0.25, 0.3) is 6.08 Å². The maximum Gasteiger partial charge on any atom is 0.328 e. The highest BCUT2D eigenvalue weighted by Gasteiger charge is 2.32. The summed E-state index contributed by atoms with van der Waals surface area (Å²) >= 11 is 3.51. The lowest BCUT2D eigenvalue weighted by Gasteiger charge is -2.13. The first kappa shape index (κ1) is 19.9. The van der Waals surface area contributed by atoms with Gasteiger partial charge < -0.3 is 14.8 Å². The third kappa shape index (κ3) is 4.20. The molecule has 1 saturated heterocycles. The fraction of sp³-hybridized carbons (Fsp3) is 0.238. The fourth-order valence-electron chi connectivity index (χ4n) is 2.91. The van der Waals surface area contributed by atoms with Gasteiger partial charge in [0, 0.05) is 11.0 Å². The van der Waals surface area contributed by atoms with Crippen LogP contribution in [0.3, 0.4) is 0 Å². The molecule has 3 rings (SSSR count). The maximum atomic E-state index is 12.3. The lowest BCUT2D eigenvalue weighted by molar-refractivity contribution is -0.122. The molecule has 2 aromatic carbocycles. The van der Waals surface area contributed by atoms with Crippen LogP contribution in [0, 0.1) is 6.92 Å². The summed E-state index contributed by atoms with van der Waals surface area (Å²) in [5, 5.41) is 2.59. The Labute approximate surface area is 172 Å². The summed E-state index contributed by atoms with van der Waals surface area (Å²) in [4.78, 5) is 25.2.